The zero-order valence-corrected chi connectivity index (χ0v) is 11.4. The molecule has 5 heteroatoms. The Hall–Kier alpha value is -2.82. The summed E-state index contributed by atoms with van der Waals surface area (Å²) < 4.78 is 10.3. The Morgan fingerprint density at radius 3 is 2.57 bits per heavy atom. The molecule has 0 aliphatic rings. The van der Waals surface area contributed by atoms with Crippen molar-refractivity contribution in [3.05, 3.63) is 64.1 Å². The molecule has 1 heterocycles. The Balaban J connectivity index is 1.93. The van der Waals surface area contributed by atoms with E-state index in [0.717, 1.165) is 5.75 Å². The summed E-state index contributed by atoms with van der Waals surface area (Å²) in [5, 5.41) is 0. The number of ether oxygens (including phenoxy) is 1. The van der Waals surface area contributed by atoms with E-state index in [0.29, 0.717) is 28.8 Å². The number of fused-ring (bicyclic) bond motifs is 1. The van der Waals surface area contributed by atoms with E-state index in [-0.39, 0.29) is 5.78 Å². The summed E-state index contributed by atoms with van der Waals surface area (Å²) in [5.74, 6) is 0.0561. The fourth-order valence-electron chi connectivity index (χ4n) is 2.12. The van der Waals surface area contributed by atoms with Crippen LogP contribution in [-0.2, 0) is 0 Å². The standard InChI is InChI=1S/C16H13NO4/c1-2-20-12-6-3-10(4-7-12)15(18)11-5-8-13-14(9-11)21-16(19)17-13/h3-9H,2H2,1H3,(H,17,19). The number of hydrogen-bond donors (Lipinski definition) is 1. The zero-order valence-electron chi connectivity index (χ0n) is 11.4. The predicted molar refractivity (Wildman–Crippen MR) is 77.9 cm³/mol. The quantitative estimate of drug-likeness (QED) is 0.747. The first-order valence-corrected chi connectivity index (χ1v) is 6.58. The van der Waals surface area contributed by atoms with Gasteiger partial charge in [-0.25, -0.2) is 4.79 Å². The van der Waals surface area contributed by atoms with Gasteiger partial charge in [0.2, 0.25) is 0 Å². The molecule has 5 nitrogen and oxygen atoms in total. The van der Waals surface area contributed by atoms with Gasteiger partial charge in [0.25, 0.3) is 0 Å². The van der Waals surface area contributed by atoms with Gasteiger partial charge in [-0.2, -0.15) is 0 Å². The van der Waals surface area contributed by atoms with Crippen LogP contribution >= 0.6 is 0 Å². The third kappa shape index (κ3) is 2.58. The van der Waals surface area contributed by atoms with Crippen LogP contribution in [0.5, 0.6) is 5.75 Å². The highest BCUT2D eigenvalue weighted by Crippen LogP contribution is 2.18. The van der Waals surface area contributed by atoms with Crippen LogP contribution in [0.25, 0.3) is 11.1 Å². The van der Waals surface area contributed by atoms with E-state index in [1.807, 2.05) is 6.92 Å². The van der Waals surface area contributed by atoms with E-state index >= 15 is 0 Å². The second-order valence-electron chi connectivity index (χ2n) is 4.51. The van der Waals surface area contributed by atoms with Crippen LogP contribution < -0.4 is 10.5 Å². The normalized spacial score (nSPS) is 10.7. The number of hydrogen-bond acceptors (Lipinski definition) is 4. The molecule has 21 heavy (non-hydrogen) atoms. The summed E-state index contributed by atoms with van der Waals surface area (Å²) in [6, 6.07) is 11.8. The van der Waals surface area contributed by atoms with Gasteiger partial charge in [-0.15, -0.1) is 0 Å². The minimum absolute atomic E-state index is 0.135. The van der Waals surface area contributed by atoms with Crippen molar-refractivity contribution in [2.75, 3.05) is 6.61 Å². The van der Waals surface area contributed by atoms with Gasteiger partial charge in [-0.05, 0) is 49.4 Å². The molecule has 0 saturated heterocycles. The maximum absolute atomic E-state index is 12.4. The molecule has 0 saturated carbocycles. The molecule has 0 atom stereocenters. The maximum atomic E-state index is 12.4. The SMILES string of the molecule is CCOc1ccc(C(=O)c2ccc3[nH]c(=O)oc3c2)cc1. The van der Waals surface area contributed by atoms with Crippen molar-refractivity contribution in [1.29, 1.82) is 0 Å². The number of oxazole rings is 1. The van der Waals surface area contributed by atoms with Crippen molar-refractivity contribution in [3.63, 3.8) is 0 Å². The van der Waals surface area contributed by atoms with E-state index in [2.05, 4.69) is 4.98 Å². The second kappa shape index (κ2) is 5.28. The minimum Gasteiger partial charge on any atom is -0.494 e. The fraction of sp³-hybridized carbons (Fsp3) is 0.125. The third-order valence-corrected chi connectivity index (χ3v) is 3.11. The lowest BCUT2D eigenvalue weighted by Gasteiger charge is -2.04. The topological polar surface area (TPSA) is 72.3 Å². The molecule has 1 aromatic heterocycles. The molecule has 106 valence electrons. The van der Waals surface area contributed by atoms with Gasteiger partial charge in [0.15, 0.2) is 11.4 Å². The molecule has 3 rings (SSSR count). The summed E-state index contributed by atoms with van der Waals surface area (Å²) in [6.07, 6.45) is 0. The van der Waals surface area contributed by atoms with Gasteiger partial charge in [0, 0.05) is 11.1 Å². The smallest absolute Gasteiger partial charge is 0.417 e. The summed E-state index contributed by atoms with van der Waals surface area (Å²) in [6.45, 7) is 2.48. The number of H-pyrrole nitrogens is 1. The van der Waals surface area contributed by atoms with Crippen molar-refractivity contribution >= 4 is 16.9 Å². The van der Waals surface area contributed by atoms with Crippen LogP contribution in [0, 0.1) is 0 Å². The molecule has 1 N–H and O–H groups in total. The van der Waals surface area contributed by atoms with Gasteiger partial charge in [0.1, 0.15) is 5.75 Å². The Bertz CT molecular complexity index is 843. The van der Waals surface area contributed by atoms with Gasteiger partial charge in [0.05, 0.1) is 12.1 Å². The highest BCUT2D eigenvalue weighted by molar-refractivity contribution is 6.10. The number of carbonyl (C=O) groups is 1. The average molecular weight is 283 g/mol. The van der Waals surface area contributed by atoms with E-state index in [4.69, 9.17) is 9.15 Å². The first-order valence-electron chi connectivity index (χ1n) is 6.58. The van der Waals surface area contributed by atoms with E-state index < -0.39 is 5.76 Å². The van der Waals surface area contributed by atoms with Crippen molar-refractivity contribution in [3.8, 4) is 5.75 Å². The Morgan fingerprint density at radius 2 is 1.86 bits per heavy atom. The molecular weight excluding hydrogens is 270 g/mol. The lowest BCUT2D eigenvalue weighted by molar-refractivity contribution is 0.103. The van der Waals surface area contributed by atoms with Gasteiger partial charge in [-0.3, -0.25) is 9.78 Å². The number of nitrogens with one attached hydrogen (secondary N) is 1. The third-order valence-electron chi connectivity index (χ3n) is 3.11. The average Bonchev–Trinajstić information content (AvgIpc) is 2.86. The monoisotopic (exact) mass is 283 g/mol. The van der Waals surface area contributed by atoms with Crippen LogP contribution in [0.4, 0.5) is 0 Å². The molecule has 0 radical (unpaired) electrons. The van der Waals surface area contributed by atoms with Crippen LogP contribution in [-0.4, -0.2) is 17.4 Å². The number of aromatic amines is 1. The summed E-state index contributed by atoms with van der Waals surface area (Å²) in [4.78, 5) is 26.0. The summed E-state index contributed by atoms with van der Waals surface area (Å²) >= 11 is 0. The van der Waals surface area contributed by atoms with Crippen molar-refractivity contribution in [1.82, 2.24) is 4.98 Å². The molecular formula is C16H13NO4. The van der Waals surface area contributed by atoms with E-state index in [9.17, 15) is 9.59 Å². The van der Waals surface area contributed by atoms with Gasteiger partial charge >= 0.3 is 5.76 Å². The molecule has 0 spiro atoms. The molecule has 0 unspecified atom stereocenters. The Labute approximate surface area is 120 Å². The number of ketones is 1. The number of aromatic nitrogens is 1. The van der Waals surface area contributed by atoms with Crippen molar-refractivity contribution < 1.29 is 13.9 Å². The summed E-state index contributed by atoms with van der Waals surface area (Å²) in [7, 11) is 0. The lowest BCUT2D eigenvalue weighted by atomic mass is 10.0. The van der Waals surface area contributed by atoms with E-state index in [1.165, 1.54) is 0 Å². The van der Waals surface area contributed by atoms with E-state index in [1.54, 1.807) is 42.5 Å². The molecule has 2 aromatic carbocycles. The maximum Gasteiger partial charge on any atom is 0.417 e. The summed E-state index contributed by atoms with van der Waals surface area (Å²) in [5.41, 5.74) is 1.96. The van der Waals surface area contributed by atoms with Crippen LogP contribution in [0.2, 0.25) is 0 Å². The number of rotatable bonds is 4. The van der Waals surface area contributed by atoms with Crippen LogP contribution in [0.15, 0.2) is 51.7 Å². The molecule has 0 fully saturated rings. The number of benzene rings is 2. The highest BCUT2D eigenvalue weighted by atomic mass is 16.5. The fourth-order valence-corrected chi connectivity index (χ4v) is 2.12. The zero-order chi connectivity index (χ0) is 14.8. The highest BCUT2D eigenvalue weighted by Gasteiger charge is 2.11. The lowest BCUT2D eigenvalue weighted by Crippen LogP contribution is -2.01. The van der Waals surface area contributed by atoms with Gasteiger partial charge in [-0.1, -0.05) is 0 Å². The van der Waals surface area contributed by atoms with Crippen LogP contribution in [0.3, 0.4) is 0 Å². The first kappa shape index (κ1) is 13.2. The number of carbonyl (C=O) groups excluding carboxylic acids is 1. The molecule has 0 bridgehead atoms. The molecule has 3 aromatic rings. The first-order chi connectivity index (χ1) is 10.2. The Morgan fingerprint density at radius 1 is 1.14 bits per heavy atom. The Kier molecular flexibility index (Phi) is 3.31. The van der Waals surface area contributed by atoms with Crippen molar-refractivity contribution in [2.45, 2.75) is 6.92 Å². The molecule has 0 aliphatic carbocycles. The van der Waals surface area contributed by atoms with Crippen molar-refractivity contribution in [2.24, 2.45) is 0 Å². The molecule has 0 amide bonds. The minimum atomic E-state index is -0.532. The largest absolute Gasteiger partial charge is 0.494 e. The second-order valence-corrected chi connectivity index (χ2v) is 4.51. The van der Waals surface area contributed by atoms with Gasteiger partial charge < -0.3 is 9.15 Å². The predicted octanol–water partition coefficient (Wildman–Crippen LogP) is 2.75. The molecule has 0 aliphatic heterocycles. The van der Waals surface area contributed by atoms with Crippen LogP contribution in [0.1, 0.15) is 22.8 Å².